The van der Waals surface area contributed by atoms with Crippen molar-refractivity contribution in [2.45, 2.75) is 20.0 Å². The van der Waals surface area contributed by atoms with E-state index >= 15 is 0 Å². The summed E-state index contributed by atoms with van der Waals surface area (Å²) in [7, 11) is 0. The van der Waals surface area contributed by atoms with E-state index in [0.29, 0.717) is 34.6 Å². The van der Waals surface area contributed by atoms with Crippen molar-refractivity contribution in [1.82, 2.24) is 0 Å². The Labute approximate surface area is 128 Å². The highest BCUT2D eigenvalue weighted by molar-refractivity contribution is 6.02. The summed E-state index contributed by atoms with van der Waals surface area (Å²) in [6.07, 6.45) is 0.537. The fourth-order valence-electron chi connectivity index (χ4n) is 2.06. The van der Waals surface area contributed by atoms with Gasteiger partial charge in [0.25, 0.3) is 0 Å². The molecule has 2 rings (SSSR count). The van der Waals surface area contributed by atoms with Crippen molar-refractivity contribution >= 4 is 5.71 Å². The topological polar surface area (TPSA) is 65.6 Å². The Morgan fingerprint density at radius 1 is 1.32 bits per heavy atom. The van der Waals surface area contributed by atoms with Gasteiger partial charge in [-0.05, 0) is 36.8 Å². The van der Waals surface area contributed by atoms with Crippen LogP contribution in [0.15, 0.2) is 47.6 Å². The first-order valence-corrected chi connectivity index (χ1v) is 6.81. The normalized spacial score (nSPS) is 11.0. The van der Waals surface area contributed by atoms with Crippen LogP contribution in [0.1, 0.15) is 30.0 Å². The van der Waals surface area contributed by atoms with Crippen molar-refractivity contribution in [2.24, 2.45) is 5.16 Å². The molecule has 0 aliphatic heterocycles. The Kier molecular flexibility index (Phi) is 5.10. The van der Waals surface area contributed by atoms with Gasteiger partial charge in [0, 0.05) is 11.1 Å². The third-order valence-corrected chi connectivity index (χ3v) is 3.21. The van der Waals surface area contributed by atoms with E-state index in [4.69, 9.17) is 15.2 Å². The van der Waals surface area contributed by atoms with Gasteiger partial charge in [-0.25, -0.2) is 4.39 Å². The second-order valence-corrected chi connectivity index (χ2v) is 4.60. The van der Waals surface area contributed by atoms with E-state index in [1.165, 1.54) is 18.2 Å². The van der Waals surface area contributed by atoms with Gasteiger partial charge in [0.2, 0.25) is 0 Å². The lowest BCUT2D eigenvalue weighted by Crippen LogP contribution is -2.05. The van der Waals surface area contributed by atoms with Gasteiger partial charge >= 0.3 is 0 Å². The van der Waals surface area contributed by atoms with E-state index in [1.54, 1.807) is 24.3 Å². The van der Waals surface area contributed by atoms with E-state index in [9.17, 15) is 4.39 Å². The maximum absolute atomic E-state index is 13.7. The molecule has 0 aromatic heterocycles. The number of rotatable bonds is 5. The summed E-state index contributed by atoms with van der Waals surface area (Å²) in [4.78, 5) is 0. The number of nitriles is 1. The Morgan fingerprint density at radius 3 is 2.77 bits per heavy atom. The smallest absolute Gasteiger partial charge is 0.129 e. The summed E-state index contributed by atoms with van der Waals surface area (Å²) in [6.45, 7) is 1.85. The van der Waals surface area contributed by atoms with Crippen LogP contribution in [-0.2, 0) is 6.61 Å². The number of ether oxygens (including phenoxy) is 1. The Bertz CT molecular complexity index is 736. The first-order chi connectivity index (χ1) is 10.7. The minimum Gasteiger partial charge on any atom is -0.488 e. The fourth-order valence-corrected chi connectivity index (χ4v) is 2.06. The van der Waals surface area contributed by atoms with Crippen molar-refractivity contribution in [2.75, 3.05) is 0 Å². The SMILES string of the molecule is CC/C(=N\O)c1ccccc1OCc1cc(C#N)ccc1F. The molecule has 0 radical (unpaired) electrons. The summed E-state index contributed by atoms with van der Waals surface area (Å²) in [5, 5.41) is 21.2. The zero-order valence-electron chi connectivity index (χ0n) is 12.1. The predicted molar refractivity (Wildman–Crippen MR) is 80.5 cm³/mol. The summed E-state index contributed by atoms with van der Waals surface area (Å²) >= 11 is 0. The molecule has 0 aliphatic carbocycles. The monoisotopic (exact) mass is 298 g/mol. The van der Waals surface area contributed by atoms with Crippen molar-refractivity contribution < 1.29 is 14.3 Å². The number of para-hydroxylation sites is 1. The first kappa shape index (κ1) is 15.5. The van der Waals surface area contributed by atoms with Crippen LogP contribution < -0.4 is 4.74 Å². The molecular formula is C17H15FN2O2. The summed E-state index contributed by atoms with van der Waals surface area (Å²) < 4.78 is 19.4. The highest BCUT2D eigenvalue weighted by atomic mass is 19.1. The lowest BCUT2D eigenvalue weighted by atomic mass is 10.1. The van der Waals surface area contributed by atoms with Gasteiger partial charge < -0.3 is 9.94 Å². The van der Waals surface area contributed by atoms with Gasteiger partial charge in [0.05, 0.1) is 17.3 Å². The molecule has 5 heteroatoms. The Balaban J connectivity index is 2.25. The average molecular weight is 298 g/mol. The largest absolute Gasteiger partial charge is 0.488 e. The molecule has 0 amide bonds. The molecule has 0 fully saturated rings. The van der Waals surface area contributed by atoms with Crippen molar-refractivity contribution in [1.29, 1.82) is 5.26 Å². The van der Waals surface area contributed by atoms with E-state index in [1.807, 2.05) is 13.0 Å². The molecule has 1 N–H and O–H groups in total. The second kappa shape index (κ2) is 7.23. The molecule has 0 aliphatic rings. The summed E-state index contributed by atoms with van der Waals surface area (Å²) in [5.74, 6) is 0.0712. The average Bonchev–Trinajstić information content (AvgIpc) is 2.56. The van der Waals surface area contributed by atoms with Gasteiger partial charge in [0.1, 0.15) is 18.2 Å². The molecule has 2 aromatic carbocycles. The number of nitrogens with zero attached hydrogens (tertiary/aromatic N) is 2. The van der Waals surface area contributed by atoms with Gasteiger partial charge in [-0.15, -0.1) is 0 Å². The maximum atomic E-state index is 13.7. The highest BCUT2D eigenvalue weighted by Crippen LogP contribution is 2.22. The van der Waals surface area contributed by atoms with Crippen LogP contribution in [-0.4, -0.2) is 10.9 Å². The van der Waals surface area contributed by atoms with E-state index < -0.39 is 5.82 Å². The Hall–Kier alpha value is -2.87. The van der Waals surface area contributed by atoms with Crippen LogP contribution in [0.3, 0.4) is 0 Å². The van der Waals surface area contributed by atoms with Gasteiger partial charge in [-0.2, -0.15) is 5.26 Å². The molecule has 112 valence electrons. The molecule has 2 aromatic rings. The van der Waals surface area contributed by atoms with E-state index in [0.717, 1.165) is 0 Å². The van der Waals surface area contributed by atoms with Crippen LogP contribution in [0.25, 0.3) is 0 Å². The summed E-state index contributed by atoms with van der Waals surface area (Å²) in [6, 6.07) is 13.2. The van der Waals surface area contributed by atoms with Crippen molar-refractivity contribution in [3.8, 4) is 11.8 Å². The molecule has 0 saturated heterocycles. The molecular weight excluding hydrogens is 283 g/mol. The number of halogens is 1. The van der Waals surface area contributed by atoms with Gasteiger partial charge in [-0.1, -0.05) is 24.2 Å². The number of oxime groups is 1. The molecule has 22 heavy (non-hydrogen) atoms. The van der Waals surface area contributed by atoms with Crippen LogP contribution in [0.2, 0.25) is 0 Å². The molecule has 0 atom stereocenters. The quantitative estimate of drug-likeness (QED) is 0.518. The minimum absolute atomic E-state index is 0.0131. The number of hydrogen-bond donors (Lipinski definition) is 1. The third kappa shape index (κ3) is 3.41. The molecule has 4 nitrogen and oxygen atoms in total. The molecule has 0 saturated carbocycles. The van der Waals surface area contributed by atoms with Crippen LogP contribution >= 0.6 is 0 Å². The van der Waals surface area contributed by atoms with Crippen LogP contribution in [0.5, 0.6) is 5.75 Å². The Morgan fingerprint density at radius 2 is 2.09 bits per heavy atom. The molecule has 0 unspecified atom stereocenters. The van der Waals surface area contributed by atoms with E-state index in [-0.39, 0.29) is 6.61 Å². The van der Waals surface area contributed by atoms with Gasteiger partial charge in [0.15, 0.2) is 0 Å². The van der Waals surface area contributed by atoms with E-state index in [2.05, 4.69) is 5.16 Å². The fraction of sp³-hybridized carbons (Fsp3) is 0.176. The third-order valence-electron chi connectivity index (χ3n) is 3.21. The highest BCUT2D eigenvalue weighted by Gasteiger charge is 2.11. The summed E-state index contributed by atoms with van der Waals surface area (Å²) in [5.41, 5.74) is 1.82. The minimum atomic E-state index is -0.428. The lowest BCUT2D eigenvalue weighted by Gasteiger charge is -2.12. The molecule has 0 heterocycles. The van der Waals surface area contributed by atoms with Crippen molar-refractivity contribution in [3.63, 3.8) is 0 Å². The maximum Gasteiger partial charge on any atom is 0.129 e. The zero-order valence-corrected chi connectivity index (χ0v) is 12.1. The van der Waals surface area contributed by atoms with Gasteiger partial charge in [-0.3, -0.25) is 0 Å². The molecule has 0 spiro atoms. The molecule has 0 bridgehead atoms. The zero-order chi connectivity index (χ0) is 15.9. The second-order valence-electron chi connectivity index (χ2n) is 4.60. The standard InChI is InChI=1S/C17H15FN2O2/c1-2-16(20-21)14-5-3-4-6-17(14)22-11-13-9-12(10-19)7-8-15(13)18/h3-9,21H,2,11H2,1H3/b20-16+. The van der Waals surface area contributed by atoms with Crippen LogP contribution in [0, 0.1) is 17.1 Å². The van der Waals surface area contributed by atoms with Crippen molar-refractivity contribution in [3.05, 3.63) is 65.0 Å². The lowest BCUT2D eigenvalue weighted by molar-refractivity contribution is 0.297. The predicted octanol–water partition coefficient (Wildman–Crippen LogP) is 3.86. The van der Waals surface area contributed by atoms with Crippen LogP contribution in [0.4, 0.5) is 4.39 Å². The first-order valence-electron chi connectivity index (χ1n) is 6.81. The number of benzene rings is 2. The number of hydrogen-bond acceptors (Lipinski definition) is 4.